The first-order chi connectivity index (χ1) is 36.4. The van der Waals surface area contributed by atoms with E-state index in [-0.39, 0.29) is 0 Å². The van der Waals surface area contributed by atoms with Crippen molar-refractivity contribution in [3.8, 4) is 27.9 Å². The third-order valence-corrected chi connectivity index (χ3v) is 15.5. The topological polar surface area (TPSA) is 21.3 Å². The number of hydrogen-bond acceptors (Lipinski definition) is 2. The average Bonchev–Trinajstić information content (AvgIpc) is 3.96. The summed E-state index contributed by atoms with van der Waals surface area (Å²) in [7, 11) is 0. The minimum Gasteiger partial charge on any atom is -0.456 e. The van der Waals surface area contributed by atoms with Gasteiger partial charge in [0.1, 0.15) is 11.2 Å². The second kappa shape index (κ2) is 21.7. The Morgan fingerprint density at radius 2 is 1.38 bits per heavy atom. The molecule has 8 aromatic carbocycles. The van der Waals surface area contributed by atoms with Crippen molar-refractivity contribution in [3.63, 3.8) is 0 Å². The van der Waals surface area contributed by atoms with Crippen molar-refractivity contribution in [1.82, 2.24) is 4.57 Å². The highest BCUT2D eigenvalue weighted by molar-refractivity contribution is 6.06. The Labute approximate surface area is 438 Å². The zero-order chi connectivity index (χ0) is 50.5. The third-order valence-electron chi connectivity index (χ3n) is 15.5. The van der Waals surface area contributed by atoms with E-state index in [1.54, 1.807) is 5.56 Å². The monoisotopic (exact) mass is 965 g/mol. The first kappa shape index (κ1) is 48.4. The molecular weight excluding hydrogens is 897 g/mol. The summed E-state index contributed by atoms with van der Waals surface area (Å²) in [6, 6.07) is 66.4. The fourth-order valence-electron chi connectivity index (χ4n) is 11.5. The molecule has 0 spiro atoms. The maximum Gasteiger partial charge on any atom is 0.135 e. The summed E-state index contributed by atoms with van der Waals surface area (Å²) in [5.74, 6) is 1.18. The molecule has 3 heteroatoms. The van der Waals surface area contributed by atoms with Crippen LogP contribution in [0, 0.1) is 13.8 Å². The molecule has 0 radical (unpaired) electrons. The third kappa shape index (κ3) is 9.72. The number of benzene rings is 8. The summed E-state index contributed by atoms with van der Waals surface area (Å²) in [5.41, 5.74) is 22.7. The maximum atomic E-state index is 6.24. The Morgan fingerprint density at radius 3 is 2.16 bits per heavy atom. The van der Waals surface area contributed by atoms with Crippen LogP contribution in [0.15, 0.2) is 216 Å². The number of furan rings is 1. The van der Waals surface area contributed by atoms with Gasteiger partial charge in [-0.05, 0) is 181 Å². The number of rotatable bonds is 13. The van der Waals surface area contributed by atoms with Crippen LogP contribution < -0.4 is 4.90 Å². The first-order valence-corrected chi connectivity index (χ1v) is 27.2. The molecule has 0 aliphatic heterocycles. The van der Waals surface area contributed by atoms with Crippen molar-refractivity contribution in [2.24, 2.45) is 0 Å². The number of para-hydroxylation sites is 1. The Kier molecular flexibility index (Phi) is 14.2. The van der Waals surface area contributed by atoms with Crippen LogP contribution in [0.4, 0.5) is 11.4 Å². The molecule has 12 rings (SSSR count). The van der Waals surface area contributed by atoms with E-state index in [0.29, 0.717) is 5.92 Å². The Morgan fingerprint density at radius 1 is 0.649 bits per heavy atom. The quantitative estimate of drug-likeness (QED) is 0.107. The van der Waals surface area contributed by atoms with Crippen molar-refractivity contribution < 1.29 is 4.42 Å². The summed E-state index contributed by atoms with van der Waals surface area (Å²) in [5, 5.41) is 3.58. The molecule has 10 aromatic rings. The Bertz CT molecular complexity index is 3690. The van der Waals surface area contributed by atoms with Gasteiger partial charge in [-0.25, -0.2) is 0 Å². The molecule has 0 bridgehead atoms. The van der Waals surface area contributed by atoms with Gasteiger partial charge in [-0.3, -0.25) is 0 Å². The highest BCUT2D eigenvalue weighted by Gasteiger charge is 2.26. The molecule has 368 valence electrons. The van der Waals surface area contributed by atoms with Crippen LogP contribution in [0.3, 0.4) is 0 Å². The van der Waals surface area contributed by atoms with Crippen molar-refractivity contribution >= 4 is 50.3 Å². The summed E-state index contributed by atoms with van der Waals surface area (Å²) in [6.07, 6.45) is 20.9. The van der Waals surface area contributed by atoms with Crippen LogP contribution in [0.5, 0.6) is 0 Å². The Balaban J connectivity index is 0.000000274. The minimum absolute atomic E-state index is 0.385. The van der Waals surface area contributed by atoms with Crippen molar-refractivity contribution in [2.45, 2.75) is 97.8 Å². The van der Waals surface area contributed by atoms with Gasteiger partial charge in [0.05, 0.1) is 5.52 Å². The molecule has 2 heterocycles. The fourth-order valence-corrected chi connectivity index (χ4v) is 11.5. The van der Waals surface area contributed by atoms with Gasteiger partial charge < -0.3 is 13.9 Å². The first-order valence-electron chi connectivity index (χ1n) is 27.2. The van der Waals surface area contributed by atoms with Crippen LogP contribution in [-0.2, 0) is 12.8 Å². The number of hydrogen-bond donors (Lipinski definition) is 0. The normalized spacial score (nSPS) is 14.6. The van der Waals surface area contributed by atoms with E-state index in [2.05, 4.69) is 250 Å². The molecule has 1 saturated carbocycles. The van der Waals surface area contributed by atoms with Crippen LogP contribution in [0.1, 0.15) is 110 Å². The van der Waals surface area contributed by atoms with Crippen LogP contribution in [0.2, 0.25) is 0 Å². The molecule has 3 nitrogen and oxygen atoms in total. The molecule has 1 fully saturated rings. The highest BCUT2D eigenvalue weighted by atomic mass is 16.3. The number of nitrogens with zero attached hydrogens (tertiary/aromatic N) is 2. The van der Waals surface area contributed by atoms with E-state index in [1.165, 1.54) is 91.6 Å². The number of anilines is 2. The standard InChI is InChI=1S/C53H48N2O.C18H20/c1-4-6-21-42(28-25-40-20-11-10-19-38(40)15-5-2)54(43-29-26-41(27-30-43)39-17-8-7-9-18-39)44-31-33-49-48(36-44)53-37(3)16-14-23-50(53)55(49)45-32-34-52-47(35-45)46-22-12-13-24-51(46)56-52;1-13-10-11-17(15-7-5-8-15)18(12-13)16-9-4-3-6-14(16)2/h6-14,17-24,26-37H,4-5,15-16,25H2,1-3H3;3-4,6,9-12,15H,5,7-8H2,1-2H3/b21-6-,42-28+;. The SMILES string of the molecule is CC/C=C\C(=C/Cc1ccccc1CCC)N(c1ccc(-c2ccccc2)cc1)c1ccc2c(c1)c1c(n2-c2ccc3oc4ccccc4c3c2)C=CCC1C.Cc1ccc(C2CCC2)c(-c2ccccc2C)c1. The lowest BCUT2D eigenvalue weighted by Gasteiger charge is -2.28. The van der Waals surface area contributed by atoms with Crippen LogP contribution in [0.25, 0.3) is 66.9 Å². The van der Waals surface area contributed by atoms with Gasteiger partial charge >= 0.3 is 0 Å². The van der Waals surface area contributed by atoms with Crippen molar-refractivity contribution in [2.75, 3.05) is 4.90 Å². The number of aromatic nitrogens is 1. The Hall–Kier alpha value is -7.88. The predicted octanol–water partition coefficient (Wildman–Crippen LogP) is 20.1. The summed E-state index contributed by atoms with van der Waals surface area (Å²) in [4.78, 5) is 2.46. The smallest absolute Gasteiger partial charge is 0.135 e. The molecule has 2 aliphatic rings. The van der Waals surface area contributed by atoms with Gasteiger partial charge in [-0.2, -0.15) is 0 Å². The number of aryl methyl sites for hydroxylation is 3. The molecule has 0 saturated heterocycles. The molecule has 1 atom stereocenters. The zero-order valence-corrected chi connectivity index (χ0v) is 43.8. The van der Waals surface area contributed by atoms with E-state index in [0.717, 1.165) is 77.0 Å². The number of fused-ring (bicyclic) bond motifs is 6. The molecule has 1 unspecified atom stereocenters. The van der Waals surface area contributed by atoms with Crippen LogP contribution >= 0.6 is 0 Å². The largest absolute Gasteiger partial charge is 0.456 e. The van der Waals surface area contributed by atoms with E-state index in [1.807, 2.05) is 6.07 Å². The van der Waals surface area contributed by atoms with Gasteiger partial charge in [0.25, 0.3) is 0 Å². The van der Waals surface area contributed by atoms with E-state index < -0.39 is 0 Å². The summed E-state index contributed by atoms with van der Waals surface area (Å²) in [6.45, 7) is 11.2. The van der Waals surface area contributed by atoms with Crippen molar-refractivity contribution in [3.05, 3.63) is 251 Å². The summed E-state index contributed by atoms with van der Waals surface area (Å²) < 4.78 is 8.69. The van der Waals surface area contributed by atoms with Crippen molar-refractivity contribution in [1.29, 1.82) is 0 Å². The second-order valence-corrected chi connectivity index (χ2v) is 20.6. The lowest BCUT2D eigenvalue weighted by molar-refractivity contribution is 0.420. The van der Waals surface area contributed by atoms with Gasteiger partial charge in [-0.15, -0.1) is 0 Å². The molecule has 2 aliphatic carbocycles. The van der Waals surface area contributed by atoms with E-state index >= 15 is 0 Å². The van der Waals surface area contributed by atoms with E-state index in [9.17, 15) is 0 Å². The maximum absolute atomic E-state index is 6.24. The lowest BCUT2D eigenvalue weighted by atomic mass is 9.76. The van der Waals surface area contributed by atoms with Gasteiger partial charge in [0, 0.05) is 44.6 Å². The van der Waals surface area contributed by atoms with Gasteiger partial charge in [-0.1, -0.05) is 185 Å². The molecule has 74 heavy (non-hydrogen) atoms. The second-order valence-electron chi connectivity index (χ2n) is 20.6. The lowest BCUT2D eigenvalue weighted by Crippen LogP contribution is -2.16. The summed E-state index contributed by atoms with van der Waals surface area (Å²) >= 11 is 0. The van der Waals surface area contributed by atoms with Gasteiger partial charge in [0.2, 0.25) is 0 Å². The fraction of sp³-hybridized carbons (Fsp3) is 0.211. The molecule has 2 aromatic heterocycles. The van der Waals surface area contributed by atoms with Crippen LogP contribution in [-0.4, -0.2) is 4.57 Å². The number of allylic oxidation sites excluding steroid dienone is 4. The highest BCUT2D eigenvalue weighted by Crippen LogP contribution is 2.45. The zero-order valence-electron chi connectivity index (χ0n) is 43.8. The molecule has 0 amide bonds. The van der Waals surface area contributed by atoms with Gasteiger partial charge in [0.15, 0.2) is 0 Å². The minimum atomic E-state index is 0.385. The van der Waals surface area contributed by atoms with E-state index in [4.69, 9.17) is 4.42 Å². The average molecular weight is 965 g/mol. The molecule has 0 N–H and O–H groups in total. The molecular formula is C71H68N2O. The predicted molar refractivity (Wildman–Crippen MR) is 316 cm³/mol.